The van der Waals surface area contributed by atoms with Gasteiger partial charge in [-0.3, -0.25) is 0 Å². The van der Waals surface area contributed by atoms with Crippen LogP contribution in [-0.2, 0) is 4.74 Å². The fourth-order valence-electron chi connectivity index (χ4n) is 2.76. The molecule has 1 saturated carbocycles. The van der Waals surface area contributed by atoms with Crippen molar-refractivity contribution in [2.75, 3.05) is 4.61 Å². The second-order valence-corrected chi connectivity index (χ2v) is 5.79. The van der Waals surface area contributed by atoms with Gasteiger partial charge in [0.25, 0.3) is 0 Å². The summed E-state index contributed by atoms with van der Waals surface area (Å²) >= 11 is 2.29. The van der Waals surface area contributed by atoms with Crippen molar-refractivity contribution >= 4 is 22.6 Å². The molecule has 16 heavy (non-hydrogen) atoms. The Kier molecular flexibility index (Phi) is 6.97. The van der Waals surface area contributed by atoms with E-state index in [9.17, 15) is 0 Å². The van der Waals surface area contributed by atoms with Crippen LogP contribution in [0.1, 0.15) is 52.4 Å². The first-order chi connectivity index (χ1) is 7.67. The minimum Gasteiger partial charge on any atom is -0.368 e. The van der Waals surface area contributed by atoms with E-state index in [0.29, 0.717) is 6.10 Å². The van der Waals surface area contributed by atoms with Gasteiger partial charge in [-0.25, -0.2) is 0 Å². The highest BCUT2D eigenvalue weighted by molar-refractivity contribution is 14.1. The quantitative estimate of drug-likeness (QED) is 0.363. The smallest absolute Gasteiger partial charge is 0.0983 e. The molecule has 94 valence electrons. The van der Waals surface area contributed by atoms with E-state index >= 15 is 0 Å². The molecule has 3 unspecified atom stereocenters. The molecular weight excluding hydrogens is 311 g/mol. The first kappa shape index (κ1) is 14.5. The van der Waals surface area contributed by atoms with Crippen molar-refractivity contribution in [1.82, 2.24) is 0 Å². The van der Waals surface area contributed by atoms with Gasteiger partial charge in [-0.05, 0) is 37.5 Å². The summed E-state index contributed by atoms with van der Waals surface area (Å²) in [4.78, 5) is 0. The maximum atomic E-state index is 5.68. The molecule has 0 heterocycles. The molecule has 2 heteroatoms. The van der Waals surface area contributed by atoms with E-state index in [1.54, 1.807) is 0 Å². The van der Waals surface area contributed by atoms with Gasteiger partial charge in [-0.2, -0.15) is 0 Å². The van der Waals surface area contributed by atoms with Crippen LogP contribution in [0.3, 0.4) is 0 Å². The molecule has 1 rings (SSSR count). The largest absolute Gasteiger partial charge is 0.368 e. The van der Waals surface area contributed by atoms with Gasteiger partial charge in [0.05, 0.1) is 10.7 Å². The van der Waals surface area contributed by atoms with Crippen molar-refractivity contribution in [2.45, 2.75) is 58.5 Å². The second kappa shape index (κ2) is 7.70. The number of allylic oxidation sites excluding steroid dienone is 1. The Labute approximate surface area is 114 Å². The molecule has 0 aromatic rings. The molecule has 0 N–H and O–H groups in total. The summed E-state index contributed by atoms with van der Waals surface area (Å²) < 4.78 is 6.51. The van der Waals surface area contributed by atoms with Crippen molar-refractivity contribution in [3.8, 4) is 0 Å². The molecule has 0 saturated heterocycles. The number of alkyl halides is 1. The molecule has 0 aromatic carbocycles. The lowest BCUT2D eigenvalue weighted by atomic mass is 9.89. The van der Waals surface area contributed by atoms with E-state index in [0.717, 1.165) is 16.4 Å². The zero-order chi connectivity index (χ0) is 12.0. The monoisotopic (exact) mass is 336 g/mol. The molecule has 0 radical (unpaired) electrons. The van der Waals surface area contributed by atoms with Crippen LogP contribution in [0, 0.1) is 11.8 Å². The van der Waals surface area contributed by atoms with Crippen molar-refractivity contribution in [3.05, 3.63) is 12.2 Å². The SMILES string of the molecule is C=C(CC(C)CCC)C1CCC(OCI)C1. The van der Waals surface area contributed by atoms with Crippen LogP contribution in [0.5, 0.6) is 0 Å². The molecule has 0 bridgehead atoms. The van der Waals surface area contributed by atoms with Gasteiger partial charge < -0.3 is 4.74 Å². The van der Waals surface area contributed by atoms with Gasteiger partial charge in [-0.15, -0.1) is 0 Å². The number of hydrogen-bond donors (Lipinski definition) is 0. The molecule has 0 aromatic heterocycles. The third-order valence-electron chi connectivity index (χ3n) is 3.65. The molecule has 0 spiro atoms. The number of rotatable bonds is 7. The van der Waals surface area contributed by atoms with Crippen molar-refractivity contribution in [1.29, 1.82) is 0 Å². The van der Waals surface area contributed by atoms with Gasteiger partial charge in [0.1, 0.15) is 0 Å². The molecule has 0 aliphatic heterocycles. The number of hydrogen-bond acceptors (Lipinski definition) is 1. The van der Waals surface area contributed by atoms with E-state index in [2.05, 4.69) is 43.0 Å². The van der Waals surface area contributed by atoms with Gasteiger partial charge in [0.15, 0.2) is 0 Å². The highest BCUT2D eigenvalue weighted by atomic mass is 127. The van der Waals surface area contributed by atoms with E-state index < -0.39 is 0 Å². The predicted molar refractivity (Wildman–Crippen MR) is 78.9 cm³/mol. The van der Waals surface area contributed by atoms with Gasteiger partial charge in [0.2, 0.25) is 0 Å². The highest BCUT2D eigenvalue weighted by Crippen LogP contribution is 2.35. The summed E-state index contributed by atoms with van der Waals surface area (Å²) in [7, 11) is 0. The Hall–Kier alpha value is 0.430. The third-order valence-corrected chi connectivity index (χ3v) is 4.01. The first-order valence-corrected chi connectivity index (χ1v) is 8.05. The Balaban J connectivity index is 2.27. The maximum absolute atomic E-state index is 5.68. The van der Waals surface area contributed by atoms with Gasteiger partial charge in [-0.1, -0.05) is 61.4 Å². The molecule has 1 fully saturated rings. The lowest BCUT2D eigenvalue weighted by molar-refractivity contribution is 0.100. The number of halogens is 1. The summed E-state index contributed by atoms with van der Waals surface area (Å²) in [5.41, 5.74) is 1.47. The molecule has 1 aliphatic carbocycles. The lowest BCUT2D eigenvalue weighted by Gasteiger charge is -2.18. The molecule has 3 atom stereocenters. The zero-order valence-corrected chi connectivity index (χ0v) is 12.8. The molecular formula is C14H25IO. The lowest BCUT2D eigenvalue weighted by Crippen LogP contribution is -2.09. The fourth-order valence-corrected chi connectivity index (χ4v) is 3.27. The van der Waals surface area contributed by atoms with E-state index in [1.165, 1.54) is 44.1 Å². The zero-order valence-electron chi connectivity index (χ0n) is 10.7. The Morgan fingerprint density at radius 3 is 2.88 bits per heavy atom. The van der Waals surface area contributed by atoms with Crippen LogP contribution in [0.15, 0.2) is 12.2 Å². The average Bonchev–Trinajstić information content (AvgIpc) is 2.67. The highest BCUT2D eigenvalue weighted by Gasteiger charge is 2.27. The number of ether oxygens (including phenoxy) is 1. The Morgan fingerprint density at radius 2 is 2.25 bits per heavy atom. The third kappa shape index (κ3) is 4.74. The van der Waals surface area contributed by atoms with Gasteiger partial charge >= 0.3 is 0 Å². The summed E-state index contributed by atoms with van der Waals surface area (Å²) in [5.74, 6) is 1.54. The van der Waals surface area contributed by atoms with Crippen LogP contribution < -0.4 is 0 Å². The van der Waals surface area contributed by atoms with E-state index in [1.807, 2.05) is 0 Å². The summed E-state index contributed by atoms with van der Waals surface area (Å²) in [6.07, 6.45) is 8.07. The van der Waals surface area contributed by atoms with Crippen LogP contribution in [-0.4, -0.2) is 10.7 Å². The minimum absolute atomic E-state index is 0.500. The van der Waals surface area contributed by atoms with E-state index in [4.69, 9.17) is 4.74 Å². The van der Waals surface area contributed by atoms with Crippen LogP contribution in [0.4, 0.5) is 0 Å². The standard InChI is InChI=1S/C14H25IO/c1-4-5-11(2)8-12(3)13-6-7-14(9-13)16-10-15/h11,13-14H,3-10H2,1-2H3. The van der Waals surface area contributed by atoms with Crippen molar-refractivity contribution in [2.24, 2.45) is 11.8 Å². The van der Waals surface area contributed by atoms with E-state index in [-0.39, 0.29) is 0 Å². The molecule has 1 nitrogen and oxygen atoms in total. The predicted octanol–water partition coefficient (Wildman–Crippen LogP) is 4.95. The van der Waals surface area contributed by atoms with Crippen LogP contribution in [0.2, 0.25) is 0 Å². The Bertz CT molecular complexity index is 215. The topological polar surface area (TPSA) is 9.23 Å². The second-order valence-electron chi connectivity index (χ2n) is 5.16. The molecule has 0 amide bonds. The first-order valence-electron chi connectivity index (χ1n) is 6.52. The fraction of sp³-hybridized carbons (Fsp3) is 0.857. The normalized spacial score (nSPS) is 26.9. The Morgan fingerprint density at radius 1 is 1.50 bits per heavy atom. The summed E-state index contributed by atoms with van der Waals surface area (Å²) in [6.45, 7) is 8.91. The maximum Gasteiger partial charge on any atom is 0.0983 e. The minimum atomic E-state index is 0.500. The van der Waals surface area contributed by atoms with Gasteiger partial charge in [0, 0.05) is 0 Å². The summed E-state index contributed by atoms with van der Waals surface area (Å²) in [5, 5.41) is 0. The summed E-state index contributed by atoms with van der Waals surface area (Å²) in [6, 6.07) is 0. The van der Waals surface area contributed by atoms with Crippen molar-refractivity contribution in [3.63, 3.8) is 0 Å². The average molecular weight is 336 g/mol. The van der Waals surface area contributed by atoms with Crippen LogP contribution in [0.25, 0.3) is 0 Å². The van der Waals surface area contributed by atoms with Crippen LogP contribution >= 0.6 is 22.6 Å². The van der Waals surface area contributed by atoms with Crippen molar-refractivity contribution < 1.29 is 4.74 Å². The molecule has 1 aliphatic rings.